The zero-order chi connectivity index (χ0) is 16.2. The average Bonchev–Trinajstić information content (AvgIpc) is 2.94. The first-order valence-electron chi connectivity index (χ1n) is 7.62. The van der Waals surface area contributed by atoms with Gasteiger partial charge in [0.2, 0.25) is 0 Å². The van der Waals surface area contributed by atoms with Gasteiger partial charge in [-0.3, -0.25) is 0 Å². The van der Waals surface area contributed by atoms with E-state index in [1.807, 2.05) is 37.4 Å². The summed E-state index contributed by atoms with van der Waals surface area (Å²) in [5.41, 5.74) is 2.78. The van der Waals surface area contributed by atoms with E-state index in [1.165, 1.54) is 0 Å². The standard InChI is InChI=1S/C19H18ClN3/c1-3-22-11-9-19(10-12-22)23-14-18(21-15(23)2)8-7-16-5-4-6-17(20)13-16/h4-6,9-11,13-14H,3,12H2,1-2H3. The Bertz CT molecular complexity index is 834. The molecular formula is C19H18ClN3. The van der Waals surface area contributed by atoms with E-state index < -0.39 is 0 Å². The number of halogens is 1. The molecule has 0 spiro atoms. The summed E-state index contributed by atoms with van der Waals surface area (Å²) in [6.07, 6.45) is 8.40. The van der Waals surface area contributed by atoms with Crippen molar-refractivity contribution in [2.24, 2.45) is 0 Å². The minimum atomic E-state index is 0.691. The van der Waals surface area contributed by atoms with E-state index in [9.17, 15) is 0 Å². The Kier molecular flexibility index (Phi) is 4.55. The van der Waals surface area contributed by atoms with E-state index in [0.717, 1.165) is 35.9 Å². The number of allylic oxidation sites excluding steroid dienone is 2. The Balaban J connectivity index is 1.83. The number of benzene rings is 1. The van der Waals surface area contributed by atoms with Crippen LogP contribution in [0.3, 0.4) is 0 Å². The Morgan fingerprint density at radius 2 is 2.17 bits per heavy atom. The highest BCUT2D eigenvalue weighted by atomic mass is 35.5. The molecule has 0 saturated carbocycles. The quantitative estimate of drug-likeness (QED) is 0.781. The Morgan fingerprint density at radius 3 is 2.87 bits per heavy atom. The van der Waals surface area contributed by atoms with E-state index in [0.29, 0.717) is 5.02 Å². The van der Waals surface area contributed by atoms with Crippen LogP contribution in [0.4, 0.5) is 0 Å². The van der Waals surface area contributed by atoms with Crippen molar-refractivity contribution in [3.63, 3.8) is 0 Å². The van der Waals surface area contributed by atoms with Crippen LogP contribution in [0.25, 0.3) is 5.70 Å². The maximum Gasteiger partial charge on any atom is 0.132 e. The normalized spacial score (nSPS) is 13.5. The van der Waals surface area contributed by atoms with Gasteiger partial charge >= 0.3 is 0 Å². The molecule has 1 aliphatic heterocycles. The largest absolute Gasteiger partial charge is 0.374 e. The van der Waals surface area contributed by atoms with Crippen LogP contribution < -0.4 is 0 Å². The predicted molar refractivity (Wildman–Crippen MR) is 95.1 cm³/mol. The molecule has 1 aromatic heterocycles. The number of aromatic nitrogens is 2. The summed E-state index contributed by atoms with van der Waals surface area (Å²) in [5.74, 6) is 7.14. The summed E-state index contributed by atoms with van der Waals surface area (Å²) in [7, 11) is 0. The highest BCUT2D eigenvalue weighted by Crippen LogP contribution is 2.16. The molecule has 4 heteroatoms. The van der Waals surface area contributed by atoms with Crippen molar-refractivity contribution in [2.45, 2.75) is 13.8 Å². The molecule has 0 bridgehead atoms. The van der Waals surface area contributed by atoms with Gasteiger partial charge in [0.25, 0.3) is 0 Å². The molecule has 0 N–H and O–H groups in total. The minimum absolute atomic E-state index is 0.691. The van der Waals surface area contributed by atoms with Crippen LogP contribution in [0.15, 0.2) is 48.8 Å². The summed E-state index contributed by atoms with van der Waals surface area (Å²) in [4.78, 5) is 6.78. The predicted octanol–water partition coefficient (Wildman–Crippen LogP) is 3.93. The van der Waals surface area contributed by atoms with Crippen molar-refractivity contribution in [3.05, 3.63) is 70.9 Å². The van der Waals surface area contributed by atoms with Gasteiger partial charge in [-0.05, 0) is 50.1 Å². The first kappa shape index (κ1) is 15.5. The fourth-order valence-electron chi connectivity index (χ4n) is 2.43. The maximum atomic E-state index is 5.97. The van der Waals surface area contributed by atoms with Crippen molar-refractivity contribution in [3.8, 4) is 11.8 Å². The number of hydrogen-bond donors (Lipinski definition) is 0. The van der Waals surface area contributed by atoms with Gasteiger partial charge in [-0.1, -0.05) is 23.6 Å². The Labute approximate surface area is 141 Å². The van der Waals surface area contributed by atoms with Crippen LogP contribution in [0.2, 0.25) is 5.02 Å². The summed E-state index contributed by atoms with van der Waals surface area (Å²) in [6.45, 7) is 6.07. The highest BCUT2D eigenvalue weighted by Gasteiger charge is 2.08. The molecule has 0 saturated heterocycles. The molecule has 0 amide bonds. The number of nitrogens with zero attached hydrogens (tertiary/aromatic N) is 3. The molecule has 116 valence electrons. The van der Waals surface area contributed by atoms with Gasteiger partial charge in [-0.2, -0.15) is 0 Å². The monoisotopic (exact) mass is 323 g/mol. The smallest absolute Gasteiger partial charge is 0.132 e. The topological polar surface area (TPSA) is 21.1 Å². The molecule has 2 heterocycles. The molecule has 23 heavy (non-hydrogen) atoms. The zero-order valence-corrected chi connectivity index (χ0v) is 14.0. The number of rotatable bonds is 2. The van der Waals surface area contributed by atoms with Crippen molar-refractivity contribution in [2.75, 3.05) is 13.1 Å². The molecule has 0 aliphatic carbocycles. The van der Waals surface area contributed by atoms with Crippen LogP contribution in [0.5, 0.6) is 0 Å². The van der Waals surface area contributed by atoms with Crippen LogP contribution >= 0.6 is 11.6 Å². The highest BCUT2D eigenvalue weighted by molar-refractivity contribution is 6.30. The van der Waals surface area contributed by atoms with Crippen LogP contribution in [0.1, 0.15) is 24.0 Å². The first-order chi connectivity index (χ1) is 11.2. The third kappa shape index (κ3) is 3.67. The third-order valence-electron chi connectivity index (χ3n) is 3.72. The molecule has 0 fully saturated rings. The Hall–Kier alpha value is -2.44. The molecule has 1 aliphatic rings. The SMILES string of the molecule is CCN1C=CC(n2cc(C#Cc3cccc(Cl)c3)nc2C)=CC1. The fourth-order valence-corrected chi connectivity index (χ4v) is 2.62. The van der Waals surface area contributed by atoms with Gasteiger partial charge in [-0.15, -0.1) is 0 Å². The zero-order valence-electron chi connectivity index (χ0n) is 13.3. The van der Waals surface area contributed by atoms with Crippen molar-refractivity contribution in [1.82, 2.24) is 14.5 Å². The van der Waals surface area contributed by atoms with E-state index in [2.05, 4.69) is 51.6 Å². The van der Waals surface area contributed by atoms with Crippen molar-refractivity contribution in [1.29, 1.82) is 0 Å². The fraction of sp³-hybridized carbons (Fsp3) is 0.211. The van der Waals surface area contributed by atoms with Crippen LogP contribution in [-0.4, -0.2) is 27.5 Å². The lowest BCUT2D eigenvalue weighted by Crippen LogP contribution is -2.19. The van der Waals surface area contributed by atoms with Gasteiger partial charge in [0.1, 0.15) is 11.5 Å². The number of hydrogen-bond acceptors (Lipinski definition) is 2. The lowest BCUT2D eigenvalue weighted by Gasteiger charge is -2.21. The second-order valence-electron chi connectivity index (χ2n) is 5.34. The molecule has 3 rings (SSSR count). The van der Waals surface area contributed by atoms with E-state index in [-0.39, 0.29) is 0 Å². The number of likely N-dealkylation sites (N-methyl/N-ethyl adjacent to an activating group) is 1. The molecule has 0 atom stereocenters. The van der Waals surface area contributed by atoms with Gasteiger partial charge in [0.15, 0.2) is 0 Å². The van der Waals surface area contributed by atoms with Gasteiger partial charge < -0.3 is 9.47 Å². The summed E-state index contributed by atoms with van der Waals surface area (Å²) < 4.78 is 2.07. The number of aryl methyl sites for hydroxylation is 1. The van der Waals surface area contributed by atoms with Crippen molar-refractivity contribution < 1.29 is 0 Å². The van der Waals surface area contributed by atoms with E-state index in [1.54, 1.807) is 0 Å². The minimum Gasteiger partial charge on any atom is -0.374 e. The third-order valence-corrected chi connectivity index (χ3v) is 3.95. The van der Waals surface area contributed by atoms with Crippen molar-refractivity contribution >= 4 is 17.3 Å². The maximum absolute atomic E-state index is 5.97. The second-order valence-corrected chi connectivity index (χ2v) is 5.77. The summed E-state index contributed by atoms with van der Waals surface area (Å²) in [5, 5.41) is 0.691. The molecule has 2 aromatic rings. The lowest BCUT2D eigenvalue weighted by molar-refractivity contribution is 0.435. The number of imidazole rings is 1. The summed E-state index contributed by atoms with van der Waals surface area (Å²) >= 11 is 5.97. The molecule has 3 nitrogen and oxygen atoms in total. The lowest BCUT2D eigenvalue weighted by atomic mass is 10.2. The molecule has 1 aromatic carbocycles. The van der Waals surface area contributed by atoms with Gasteiger partial charge in [0.05, 0.1) is 0 Å². The first-order valence-corrected chi connectivity index (χ1v) is 8.00. The summed E-state index contributed by atoms with van der Waals surface area (Å²) in [6, 6.07) is 7.53. The Morgan fingerprint density at radius 1 is 1.30 bits per heavy atom. The average molecular weight is 324 g/mol. The second kappa shape index (κ2) is 6.76. The van der Waals surface area contributed by atoms with Gasteiger partial charge in [0, 0.05) is 41.8 Å². The molecular weight excluding hydrogens is 306 g/mol. The van der Waals surface area contributed by atoms with Gasteiger partial charge in [-0.25, -0.2) is 4.98 Å². The van der Waals surface area contributed by atoms with E-state index in [4.69, 9.17) is 11.6 Å². The molecule has 0 unspecified atom stereocenters. The molecule has 0 radical (unpaired) electrons. The van der Waals surface area contributed by atoms with E-state index >= 15 is 0 Å². The van der Waals surface area contributed by atoms with Crippen LogP contribution in [0, 0.1) is 18.8 Å². The van der Waals surface area contributed by atoms with Crippen LogP contribution in [-0.2, 0) is 0 Å².